The molecule has 1 aromatic rings. The number of phenolic OH excluding ortho intramolecular Hbond substituents is 1. The highest BCUT2D eigenvalue weighted by atomic mass is 16.3. The van der Waals surface area contributed by atoms with Crippen molar-refractivity contribution >= 4 is 6.29 Å². The van der Waals surface area contributed by atoms with Crippen LogP contribution in [-0.2, 0) is 12.8 Å². The molecule has 0 radical (unpaired) electrons. The van der Waals surface area contributed by atoms with Gasteiger partial charge in [0.1, 0.15) is 5.75 Å². The van der Waals surface area contributed by atoms with Crippen molar-refractivity contribution in [2.24, 2.45) is 0 Å². The van der Waals surface area contributed by atoms with E-state index in [2.05, 4.69) is 0 Å². The van der Waals surface area contributed by atoms with Gasteiger partial charge in [0.05, 0.1) is 5.56 Å². The lowest BCUT2D eigenvalue weighted by Gasteiger charge is -2.20. The van der Waals surface area contributed by atoms with E-state index in [1.165, 1.54) is 12.0 Å². The number of hydrogen-bond acceptors (Lipinski definition) is 2. The molecular weight excluding hydrogens is 176 g/mol. The average Bonchev–Trinajstić information content (AvgIpc) is 2.18. The van der Waals surface area contributed by atoms with Crippen LogP contribution in [0.3, 0.4) is 0 Å². The summed E-state index contributed by atoms with van der Waals surface area (Å²) in [5.74, 6) is 0.137. The molecule has 0 saturated heterocycles. The predicted molar refractivity (Wildman–Crippen MR) is 54.9 cm³/mol. The summed E-state index contributed by atoms with van der Waals surface area (Å²) in [6, 6.07) is 1.70. The Bertz CT molecular complexity index is 380. The summed E-state index contributed by atoms with van der Waals surface area (Å²) in [4.78, 5) is 10.9. The first kappa shape index (κ1) is 9.25. The second-order valence-corrected chi connectivity index (χ2v) is 3.91. The minimum absolute atomic E-state index is 0.137. The van der Waals surface area contributed by atoms with E-state index in [9.17, 15) is 9.90 Å². The molecule has 0 saturated carbocycles. The van der Waals surface area contributed by atoms with Crippen LogP contribution >= 0.6 is 0 Å². The first-order chi connectivity index (χ1) is 6.74. The molecule has 0 heterocycles. The minimum atomic E-state index is 0.137. The van der Waals surface area contributed by atoms with Gasteiger partial charge in [0.2, 0.25) is 0 Å². The third kappa shape index (κ3) is 1.31. The summed E-state index contributed by atoms with van der Waals surface area (Å²) in [6.45, 7) is 2.00. The fourth-order valence-electron chi connectivity index (χ4n) is 2.29. The lowest BCUT2D eigenvalue weighted by molar-refractivity contribution is 0.112. The Morgan fingerprint density at radius 3 is 2.57 bits per heavy atom. The third-order valence-electron chi connectivity index (χ3n) is 3.02. The standard InChI is InChI=1S/C12H14O2/c1-8-6-12(14)11(7-13)10-5-3-2-4-9(8)10/h6-7,14H,2-5H2,1H3. The molecule has 0 spiro atoms. The number of aldehydes is 1. The van der Waals surface area contributed by atoms with Crippen LogP contribution in [0.25, 0.3) is 0 Å². The van der Waals surface area contributed by atoms with Crippen molar-refractivity contribution in [2.45, 2.75) is 32.6 Å². The third-order valence-corrected chi connectivity index (χ3v) is 3.02. The van der Waals surface area contributed by atoms with Gasteiger partial charge in [0.15, 0.2) is 6.29 Å². The van der Waals surface area contributed by atoms with Gasteiger partial charge in [-0.25, -0.2) is 0 Å². The van der Waals surface area contributed by atoms with Gasteiger partial charge in [0, 0.05) is 0 Å². The topological polar surface area (TPSA) is 37.3 Å². The number of carbonyl (C=O) groups is 1. The zero-order valence-corrected chi connectivity index (χ0v) is 8.34. The van der Waals surface area contributed by atoms with E-state index < -0.39 is 0 Å². The van der Waals surface area contributed by atoms with Crippen LogP contribution in [0.5, 0.6) is 5.75 Å². The van der Waals surface area contributed by atoms with E-state index in [0.29, 0.717) is 5.56 Å². The zero-order valence-electron chi connectivity index (χ0n) is 8.34. The molecule has 2 rings (SSSR count). The highest BCUT2D eigenvalue weighted by Gasteiger charge is 2.17. The molecule has 0 fully saturated rings. The normalized spacial score (nSPS) is 14.9. The first-order valence-corrected chi connectivity index (χ1v) is 5.03. The molecule has 0 aromatic heterocycles. The monoisotopic (exact) mass is 190 g/mol. The van der Waals surface area contributed by atoms with Crippen molar-refractivity contribution in [3.8, 4) is 5.75 Å². The van der Waals surface area contributed by atoms with Crippen molar-refractivity contribution in [1.82, 2.24) is 0 Å². The number of rotatable bonds is 1. The van der Waals surface area contributed by atoms with Crippen LogP contribution in [0.1, 0.15) is 39.9 Å². The lowest BCUT2D eigenvalue weighted by atomic mass is 9.85. The smallest absolute Gasteiger partial charge is 0.154 e. The number of phenols is 1. The van der Waals surface area contributed by atoms with Crippen molar-refractivity contribution in [3.05, 3.63) is 28.3 Å². The van der Waals surface area contributed by atoms with Crippen molar-refractivity contribution in [3.63, 3.8) is 0 Å². The van der Waals surface area contributed by atoms with Gasteiger partial charge in [-0.3, -0.25) is 4.79 Å². The predicted octanol–water partition coefficient (Wildman–Crippen LogP) is 2.39. The Kier molecular flexibility index (Phi) is 2.28. The Labute approximate surface area is 83.6 Å². The van der Waals surface area contributed by atoms with Crippen LogP contribution in [0.4, 0.5) is 0 Å². The number of carbonyl (C=O) groups excluding carboxylic acids is 1. The van der Waals surface area contributed by atoms with E-state index in [1.54, 1.807) is 6.07 Å². The number of fused-ring (bicyclic) bond motifs is 1. The maximum absolute atomic E-state index is 10.9. The van der Waals surface area contributed by atoms with Crippen LogP contribution in [0, 0.1) is 6.92 Å². The number of benzene rings is 1. The fraction of sp³-hybridized carbons (Fsp3) is 0.417. The lowest BCUT2D eigenvalue weighted by Crippen LogP contribution is -2.08. The Balaban J connectivity index is 2.67. The second-order valence-electron chi connectivity index (χ2n) is 3.91. The van der Waals surface area contributed by atoms with Gasteiger partial charge < -0.3 is 5.11 Å². The molecule has 74 valence electrons. The molecule has 0 amide bonds. The van der Waals surface area contributed by atoms with Gasteiger partial charge in [-0.2, -0.15) is 0 Å². The Morgan fingerprint density at radius 1 is 1.29 bits per heavy atom. The highest BCUT2D eigenvalue weighted by molar-refractivity contribution is 5.83. The van der Waals surface area contributed by atoms with Gasteiger partial charge in [-0.05, 0) is 55.4 Å². The van der Waals surface area contributed by atoms with E-state index >= 15 is 0 Å². The van der Waals surface area contributed by atoms with Crippen LogP contribution in [0.15, 0.2) is 6.07 Å². The molecule has 2 heteroatoms. The van der Waals surface area contributed by atoms with Crippen LogP contribution in [0.2, 0.25) is 0 Å². The maximum atomic E-state index is 10.9. The van der Waals surface area contributed by atoms with Crippen LogP contribution < -0.4 is 0 Å². The summed E-state index contributed by atoms with van der Waals surface area (Å²) in [7, 11) is 0. The number of aromatic hydroxyl groups is 1. The summed E-state index contributed by atoms with van der Waals surface area (Å²) in [6.07, 6.45) is 5.06. The molecule has 2 nitrogen and oxygen atoms in total. The maximum Gasteiger partial charge on any atom is 0.154 e. The first-order valence-electron chi connectivity index (χ1n) is 5.03. The van der Waals surface area contributed by atoms with Crippen molar-refractivity contribution in [2.75, 3.05) is 0 Å². The molecule has 0 unspecified atom stereocenters. The molecule has 0 aliphatic heterocycles. The number of aryl methyl sites for hydroxylation is 1. The Hall–Kier alpha value is -1.31. The van der Waals surface area contributed by atoms with E-state index in [0.717, 1.165) is 36.7 Å². The van der Waals surface area contributed by atoms with Crippen molar-refractivity contribution in [1.29, 1.82) is 0 Å². The molecule has 1 aromatic carbocycles. The summed E-state index contributed by atoms with van der Waals surface area (Å²) < 4.78 is 0. The quantitative estimate of drug-likeness (QED) is 0.690. The molecule has 1 aliphatic rings. The summed E-state index contributed by atoms with van der Waals surface area (Å²) >= 11 is 0. The summed E-state index contributed by atoms with van der Waals surface area (Å²) in [5, 5.41) is 9.62. The average molecular weight is 190 g/mol. The Morgan fingerprint density at radius 2 is 1.93 bits per heavy atom. The number of hydrogen-bond donors (Lipinski definition) is 1. The van der Waals surface area contributed by atoms with Crippen molar-refractivity contribution < 1.29 is 9.90 Å². The van der Waals surface area contributed by atoms with E-state index in [1.807, 2.05) is 6.92 Å². The largest absolute Gasteiger partial charge is 0.507 e. The highest BCUT2D eigenvalue weighted by Crippen LogP contribution is 2.31. The van der Waals surface area contributed by atoms with Gasteiger partial charge >= 0.3 is 0 Å². The SMILES string of the molecule is Cc1cc(O)c(C=O)c2c1CCCC2. The molecule has 1 N–H and O–H groups in total. The van der Waals surface area contributed by atoms with Gasteiger partial charge in [-0.15, -0.1) is 0 Å². The summed E-state index contributed by atoms with van der Waals surface area (Å²) in [5.41, 5.74) is 3.97. The van der Waals surface area contributed by atoms with Crippen LogP contribution in [-0.4, -0.2) is 11.4 Å². The molecule has 14 heavy (non-hydrogen) atoms. The van der Waals surface area contributed by atoms with E-state index in [4.69, 9.17) is 0 Å². The van der Waals surface area contributed by atoms with Gasteiger partial charge in [0.25, 0.3) is 0 Å². The van der Waals surface area contributed by atoms with E-state index in [-0.39, 0.29) is 5.75 Å². The van der Waals surface area contributed by atoms with Gasteiger partial charge in [-0.1, -0.05) is 0 Å². The zero-order chi connectivity index (χ0) is 10.1. The molecule has 1 aliphatic carbocycles. The molecule has 0 bridgehead atoms. The molecular formula is C12H14O2. The second kappa shape index (κ2) is 3.45. The molecule has 0 atom stereocenters. The minimum Gasteiger partial charge on any atom is -0.507 e. The fourth-order valence-corrected chi connectivity index (χ4v) is 2.29.